The summed E-state index contributed by atoms with van der Waals surface area (Å²) in [6.45, 7) is 3.54. The first-order valence-corrected chi connectivity index (χ1v) is 10.3. The molecule has 0 unspecified atom stereocenters. The highest BCUT2D eigenvalue weighted by Gasteiger charge is 2.27. The summed E-state index contributed by atoms with van der Waals surface area (Å²) in [5.74, 6) is -1.94. The van der Waals surface area contributed by atoms with Gasteiger partial charge in [0.15, 0.2) is 5.11 Å². The number of rotatable bonds is 7. The van der Waals surface area contributed by atoms with Crippen LogP contribution in [-0.2, 0) is 9.53 Å². The smallest absolute Gasteiger partial charge is 0.328 e. The number of hydrogen-bond acceptors (Lipinski definition) is 7. The van der Waals surface area contributed by atoms with Crippen molar-refractivity contribution < 1.29 is 23.2 Å². The third-order valence-corrected chi connectivity index (χ3v) is 4.76. The highest BCUT2D eigenvalue weighted by atomic mass is 32.1. The van der Waals surface area contributed by atoms with Gasteiger partial charge in [0.2, 0.25) is 5.82 Å². The van der Waals surface area contributed by atoms with Gasteiger partial charge in [-0.2, -0.15) is 4.98 Å². The van der Waals surface area contributed by atoms with Crippen molar-refractivity contribution in [2.75, 3.05) is 17.7 Å². The molecule has 3 N–H and O–H groups in total. The lowest BCUT2D eigenvalue weighted by atomic mass is 10.0. The lowest BCUT2D eigenvalue weighted by Crippen LogP contribution is -2.45. The number of methoxy groups -OCH3 is 1. The first-order valence-electron chi connectivity index (χ1n) is 9.94. The number of nitrogens with zero attached hydrogens (tertiary/aromatic N) is 2. The third kappa shape index (κ3) is 6.10. The molecule has 0 aliphatic heterocycles. The van der Waals surface area contributed by atoms with E-state index in [1.807, 2.05) is 0 Å². The highest BCUT2D eigenvalue weighted by Crippen LogP contribution is 2.20. The molecule has 0 spiro atoms. The number of para-hydroxylation sites is 1. The summed E-state index contributed by atoms with van der Waals surface area (Å²) in [7, 11) is 1.25. The fourth-order valence-electron chi connectivity index (χ4n) is 2.81. The maximum absolute atomic E-state index is 13.7. The molecule has 0 radical (unpaired) electrons. The van der Waals surface area contributed by atoms with E-state index in [0.717, 1.165) is 0 Å². The van der Waals surface area contributed by atoms with Crippen LogP contribution < -0.4 is 16.0 Å². The van der Waals surface area contributed by atoms with Crippen LogP contribution in [0.5, 0.6) is 0 Å². The molecule has 0 saturated heterocycles. The normalized spacial score (nSPS) is 11.5. The molecular weight excluding hydrogens is 449 g/mol. The molecule has 33 heavy (non-hydrogen) atoms. The van der Waals surface area contributed by atoms with Crippen molar-refractivity contribution in [3.05, 3.63) is 60.2 Å². The standard InChI is InChI=1S/C22H22FN5O4S/c1-12(2)17(21(30)31-3)26-19(29)20-27-18(28-32-20)13-8-10-14(11-9-13)24-22(33)25-16-7-5-4-6-15(16)23/h4-12,17H,1-3H3,(H,26,29)(H2,24,25,33)/t17-/m0/s1. The number of anilines is 2. The van der Waals surface area contributed by atoms with E-state index in [1.54, 1.807) is 56.3 Å². The summed E-state index contributed by atoms with van der Waals surface area (Å²) in [5.41, 5.74) is 1.49. The molecule has 1 aromatic heterocycles. The summed E-state index contributed by atoms with van der Waals surface area (Å²) >= 11 is 5.21. The number of amides is 1. The molecule has 3 aromatic rings. The van der Waals surface area contributed by atoms with E-state index in [9.17, 15) is 14.0 Å². The van der Waals surface area contributed by atoms with Gasteiger partial charge in [0, 0.05) is 11.3 Å². The minimum Gasteiger partial charge on any atom is -0.467 e. The van der Waals surface area contributed by atoms with Gasteiger partial charge in [-0.15, -0.1) is 0 Å². The van der Waals surface area contributed by atoms with Gasteiger partial charge < -0.3 is 25.2 Å². The van der Waals surface area contributed by atoms with Gasteiger partial charge in [-0.3, -0.25) is 4.79 Å². The van der Waals surface area contributed by atoms with Gasteiger partial charge in [-0.05, 0) is 54.5 Å². The van der Waals surface area contributed by atoms with E-state index in [1.165, 1.54) is 13.2 Å². The Morgan fingerprint density at radius 2 is 1.79 bits per heavy atom. The number of carbonyl (C=O) groups excluding carboxylic acids is 2. The summed E-state index contributed by atoms with van der Waals surface area (Å²) in [6, 6.07) is 12.2. The number of ether oxygens (including phenoxy) is 1. The first kappa shape index (κ1) is 23.8. The van der Waals surface area contributed by atoms with E-state index in [-0.39, 0.29) is 28.4 Å². The van der Waals surface area contributed by atoms with Crippen LogP contribution in [0.2, 0.25) is 0 Å². The maximum atomic E-state index is 13.7. The van der Waals surface area contributed by atoms with Crippen molar-refractivity contribution in [2.45, 2.75) is 19.9 Å². The van der Waals surface area contributed by atoms with E-state index in [2.05, 4.69) is 26.1 Å². The second kappa shape index (κ2) is 10.6. The molecule has 172 valence electrons. The monoisotopic (exact) mass is 471 g/mol. The van der Waals surface area contributed by atoms with Crippen LogP contribution in [0, 0.1) is 11.7 Å². The highest BCUT2D eigenvalue weighted by molar-refractivity contribution is 7.80. The fraction of sp³-hybridized carbons (Fsp3) is 0.227. The summed E-state index contributed by atoms with van der Waals surface area (Å²) in [4.78, 5) is 28.3. The van der Waals surface area contributed by atoms with Crippen LogP contribution in [0.3, 0.4) is 0 Å². The number of esters is 1. The first-order chi connectivity index (χ1) is 15.8. The van der Waals surface area contributed by atoms with E-state index < -0.39 is 23.7 Å². The molecule has 1 amide bonds. The van der Waals surface area contributed by atoms with Crippen molar-refractivity contribution in [1.82, 2.24) is 15.5 Å². The lowest BCUT2D eigenvalue weighted by Gasteiger charge is -2.18. The van der Waals surface area contributed by atoms with Gasteiger partial charge in [-0.1, -0.05) is 31.1 Å². The zero-order chi connectivity index (χ0) is 24.0. The molecule has 0 bridgehead atoms. The van der Waals surface area contributed by atoms with Gasteiger partial charge in [0.1, 0.15) is 11.9 Å². The number of benzene rings is 2. The van der Waals surface area contributed by atoms with E-state index in [0.29, 0.717) is 11.3 Å². The molecule has 9 nitrogen and oxygen atoms in total. The molecule has 1 atom stereocenters. The molecule has 1 heterocycles. The quantitative estimate of drug-likeness (QED) is 0.351. The minimum absolute atomic E-state index is 0.192. The second-order valence-electron chi connectivity index (χ2n) is 7.28. The van der Waals surface area contributed by atoms with Crippen molar-refractivity contribution in [3.63, 3.8) is 0 Å². The average Bonchev–Trinajstić information content (AvgIpc) is 3.29. The minimum atomic E-state index is -0.843. The van der Waals surface area contributed by atoms with Crippen LogP contribution in [0.4, 0.5) is 15.8 Å². The Morgan fingerprint density at radius 3 is 2.42 bits per heavy atom. The van der Waals surface area contributed by atoms with Crippen molar-refractivity contribution >= 4 is 40.6 Å². The van der Waals surface area contributed by atoms with Gasteiger partial charge in [0.05, 0.1) is 12.8 Å². The molecule has 0 aliphatic rings. The molecule has 0 fully saturated rings. The molecule has 2 aromatic carbocycles. The Morgan fingerprint density at radius 1 is 1.09 bits per heavy atom. The lowest BCUT2D eigenvalue weighted by molar-refractivity contribution is -0.144. The molecule has 3 rings (SSSR count). The van der Waals surface area contributed by atoms with Crippen LogP contribution in [-0.4, -0.2) is 40.3 Å². The van der Waals surface area contributed by atoms with E-state index in [4.69, 9.17) is 21.5 Å². The average molecular weight is 472 g/mol. The number of hydrogen-bond donors (Lipinski definition) is 3. The third-order valence-electron chi connectivity index (χ3n) is 4.55. The summed E-state index contributed by atoms with van der Waals surface area (Å²) in [6.07, 6.45) is 0. The van der Waals surface area contributed by atoms with Gasteiger partial charge >= 0.3 is 17.8 Å². The fourth-order valence-corrected chi connectivity index (χ4v) is 3.04. The van der Waals surface area contributed by atoms with Crippen LogP contribution in [0.25, 0.3) is 11.4 Å². The largest absolute Gasteiger partial charge is 0.467 e. The van der Waals surface area contributed by atoms with Crippen LogP contribution >= 0.6 is 12.2 Å². The Labute approximate surface area is 194 Å². The molecule has 0 aliphatic carbocycles. The number of aromatic nitrogens is 2. The molecular formula is C22H22FN5O4S. The number of nitrogens with one attached hydrogen (secondary N) is 3. The SMILES string of the molecule is COC(=O)[C@@H](NC(=O)c1nc(-c2ccc(NC(=S)Nc3ccccc3F)cc2)no1)C(C)C. The van der Waals surface area contributed by atoms with E-state index >= 15 is 0 Å². The molecule has 0 saturated carbocycles. The Balaban J connectivity index is 1.63. The summed E-state index contributed by atoms with van der Waals surface area (Å²) < 4.78 is 23.5. The number of thiocarbonyl (C=S) groups is 1. The second-order valence-corrected chi connectivity index (χ2v) is 7.69. The predicted octanol–water partition coefficient (Wildman–Crippen LogP) is 3.61. The number of carbonyl (C=O) groups is 2. The van der Waals surface area contributed by atoms with Crippen molar-refractivity contribution in [1.29, 1.82) is 0 Å². The number of halogens is 1. The Hall–Kier alpha value is -3.86. The van der Waals surface area contributed by atoms with Crippen molar-refractivity contribution in [2.24, 2.45) is 5.92 Å². The maximum Gasteiger partial charge on any atom is 0.328 e. The zero-order valence-corrected chi connectivity index (χ0v) is 18.9. The van der Waals surface area contributed by atoms with Gasteiger partial charge in [-0.25, -0.2) is 9.18 Å². The van der Waals surface area contributed by atoms with Crippen molar-refractivity contribution in [3.8, 4) is 11.4 Å². The Bertz CT molecular complexity index is 1150. The predicted molar refractivity (Wildman–Crippen MR) is 124 cm³/mol. The zero-order valence-electron chi connectivity index (χ0n) is 18.1. The summed E-state index contributed by atoms with van der Waals surface area (Å²) in [5, 5.41) is 12.3. The molecule has 11 heteroatoms. The van der Waals surface area contributed by atoms with Gasteiger partial charge in [0.25, 0.3) is 0 Å². The Kier molecular flexibility index (Phi) is 7.67. The van der Waals surface area contributed by atoms with Crippen LogP contribution in [0.15, 0.2) is 53.1 Å². The van der Waals surface area contributed by atoms with Crippen LogP contribution in [0.1, 0.15) is 24.5 Å². The topological polar surface area (TPSA) is 118 Å².